The first-order chi connectivity index (χ1) is 14.6. The van der Waals surface area contributed by atoms with E-state index in [0.29, 0.717) is 19.4 Å². The smallest absolute Gasteiger partial charge is 0.222 e. The van der Waals surface area contributed by atoms with Crippen LogP contribution in [0.3, 0.4) is 0 Å². The molecule has 3 nitrogen and oxygen atoms in total. The van der Waals surface area contributed by atoms with Crippen molar-refractivity contribution in [3.8, 4) is 22.4 Å². The van der Waals surface area contributed by atoms with E-state index in [1.165, 1.54) is 24.3 Å². The summed E-state index contributed by atoms with van der Waals surface area (Å²) in [5, 5.41) is 0. The number of pyridine rings is 1. The topological polar surface area (TPSA) is 33.2 Å². The van der Waals surface area contributed by atoms with E-state index in [9.17, 15) is 13.6 Å². The zero-order chi connectivity index (χ0) is 20.9. The standard InChI is InChI=1S/C25H24F2N2O/c26-20-9-5-18(6-10-20)22-13-14-23(19-7-11-21(27)12-8-19)28-24(22)15-17-29-16-3-1-2-4-25(29)30/h5-14H,1-4,15-17H2. The summed E-state index contributed by atoms with van der Waals surface area (Å²) >= 11 is 0. The van der Waals surface area contributed by atoms with E-state index in [1.807, 2.05) is 17.0 Å². The van der Waals surface area contributed by atoms with Crippen molar-refractivity contribution in [2.75, 3.05) is 13.1 Å². The number of benzene rings is 2. The van der Waals surface area contributed by atoms with Crippen LogP contribution in [0.25, 0.3) is 22.4 Å². The van der Waals surface area contributed by atoms with Crippen LogP contribution in [-0.2, 0) is 11.2 Å². The molecular formula is C25H24F2N2O. The summed E-state index contributed by atoms with van der Waals surface area (Å²) in [6.45, 7) is 1.38. The molecule has 0 aliphatic carbocycles. The number of halogens is 2. The highest BCUT2D eigenvalue weighted by Crippen LogP contribution is 2.27. The van der Waals surface area contributed by atoms with Gasteiger partial charge in [0.25, 0.3) is 0 Å². The molecule has 3 aromatic rings. The second kappa shape index (κ2) is 9.16. The molecule has 4 rings (SSSR count). The minimum atomic E-state index is -0.290. The normalized spacial score (nSPS) is 14.6. The number of likely N-dealkylation sites (tertiary alicyclic amines) is 1. The summed E-state index contributed by atoms with van der Waals surface area (Å²) < 4.78 is 26.7. The molecule has 0 N–H and O–H groups in total. The Morgan fingerprint density at radius 3 is 2.17 bits per heavy atom. The number of aromatic nitrogens is 1. The molecule has 1 saturated heterocycles. The van der Waals surface area contributed by atoms with Crippen molar-refractivity contribution in [3.63, 3.8) is 0 Å². The summed E-state index contributed by atoms with van der Waals surface area (Å²) in [6.07, 6.45) is 4.27. The molecule has 1 fully saturated rings. The van der Waals surface area contributed by atoms with Crippen LogP contribution < -0.4 is 0 Å². The molecule has 2 aromatic carbocycles. The van der Waals surface area contributed by atoms with Gasteiger partial charge in [0.05, 0.1) is 11.4 Å². The summed E-state index contributed by atoms with van der Waals surface area (Å²) in [4.78, 5) is 19.2. The Morgan fingerprint density at radius 1 is 0.800 bits per heavy atom. The van der Waals surface area contributed by atoms with Gasteiger partial charge in [-0.05, 0) is 60.9 Å². The van der Waals surface area contributed by atoms with Crippen molar-refractivity contribution in [2.45, 2.75) is 32.1 Å². The van der Waals surface area contributed by atoms with Crippen molar-refractivity contribution in [1.29, 1.82) is 0 Å². The Hall–Kier alpha value is -3.08. The van der Waals surface area contributed by atoms with Crippen LogP contribution in [0.4, 0.5) is 8.78 Å². The second-order valence-electron chi connectivity index (χ2n) is 7.65. The van der Waals surface area contributed by atoms with Gasteiger partial charge < -0.3 is 4.90 Å². The van der Waals surface area contributed by atoms with Gasteiger partial charge in [-0.25, -0.2) is 8.78 Å². The Labute approximate surface area is 175 Å². The fourth-order valence-electron chi connectivity index (χ4n) is 3.88. The predicted molar refractivity (Wildman–Crippen MR) is 114 cm³/mol. The molecule has 1 aliphatic heterocycles. The van der Waals surface area contributed by atoms with E-state index in [0.717, 1.165) is 53.9 Å². The van der Waals surface area contributed by atoms with Gasteiger partial charge >= 0.3 is 0 Å². The molecular weight excluding hydrogens is 382 g/mol. The van der Waals surface area contributed by atoms with Crippen LogP contribution in [0.15, 0.2) is 60.7 Å². The van der Waals surface area contributed by atoms with E-state index >= 15 is 0 Å². The van der Waals surface area contributed by atoms with Crippen molar-refractivity contribution in [2.24, 2.45) is 0 Å². The van der Waals surface area contributed by atoms with E-state index in [1.54, 1.807) is 24.3 Å². The number of hydrogen-bond donors (Lipinski definition) is 0. The third kappa shape index (κ3) is 4.73. The number of amides is 1. The lowest BCUT2D eigenvalue weighted by molar-refractivity contribution is -0.130. The SMILES string of the molecule is O=C1CCCCCN1CCc1nc(-c2ccc(F)cc2)ccc1-c1ccc(F)cc1. The number of carbonyl (C=O) groups is 1. The largest absolute Gasteiger partial charge is 0.342 e. The van der Waals surface area contributed by atoms with E-state index in [4.69, 9.17) is 4.98 Å². The molecule has 2 heterocycles. The minimum Gasteiger partial charge on any atom is -0.342 e. The van der Waals surface area contributed by atoms with Gasteiger partial charge in [-0.15, -0.1) is 0 Å². The molecule has 1 amide bonds. The molecule has 0 radical (unpaired) electrons. The van der Waals surface area contributed by atoms with Crippen LogP contribution in [0.2, 0.25) is 0 Å². The minimum absolute atomic E-state index is 0.200. The fourth-order valence-corrected chi connectivity index (χ4v) is 3.88. The van der Waals surface area contributed by atoms with Gasteiger partial charge in [-0.2, -0.15) is 0 Å². The van der Waals surface area contributed by atoms with E-state index in [2.05, 4.69) is 0 Å². The quantitative estimate of drug-likeness (QED) is 0.549. The lowest BCUT2D eigenvalue weighted by Gasteiger charge is -2.21. The first-order valence-corrected chi connectivity index (χ1v) is 10.4. The van der Waals surface area contributed by atoms with Crippen LogP contribution in [-0.4, -0.2) is 28.9 Å². The molecule has 0 unspecified atom stereocenters. The maximum absolute atomic E-state index is 13.4. The maximum Gasteiger partial charge on any atom is 0.222 e. The Kier molecular flexibility index (Phi) is 6.17. The van der Waals surface area contributed by atoms with E-state index in [-0.39, 0.29) is 17.5 Å². The molecule has 0 spiro atoms. The van der Waals surface area contributed by atoms with Crippen LogP contribution in [0.5, 0.6) is 0 Å². The fraction of sp³-hybridized carbons (Fsp3) is 0.280. The first kappa shape index (κ1) is 20.2. The third-order valence-corrected chi connectivity index (χ3v) is 5.56. The zero-order valence-corrected chi connectivity index (χ0v) is 16.8. The monoisotopic (exact) mass is 406 g/mol. The molecule has 1 aliphatic rings. The average Bonchev–Trinajstić information content (AvgIpc) is 2.97. The summed E-state index contributed by atoms with van der Waals surface area (Å²) in [7, 11) is 0. The summed E-state index contributed by atoms with van der Waals surface area (Å²) in [5.41, 5.74) is 4.22. The maximum atomic E-state index is 13.4. The van der Waals surface area contributed by atoms with Gasteiger partial charge in [-0.1, -0.05) is 24.6 Å². The van der Waals surface area contributed by atoms with Gasteiger partial charge in [-0.3, -0.25) is 9.78 Å². The molecule has 154 valence electrons. The predicted octanol–water partition coefficient (Wildman–Crippen LogP) is 5.64. The van der Waals surface area contributed by atoms with Gasteiger partial charge in [0, 0.05) is 37.1 Å². The first-order valence-electron chi connectivity index (χ1n) is 10.4. The van der Waals surface area contributed by atoms with Gasteiger partial charge in [0.15, 0.2) is 0 Å². The Bertz CT molecular complexity index is 1020. The van der Waals surface area contributed by atoms with Crippen molar-refractivity contribution in [1.82, 2.24) is 9.88 Å². The lowest BCUT2D eigenvalue weighted by atomic mass is 10.00. The van der Waals surface area contributed by atoms with E-state index < -0.39 is 0 Å². The highest BCUT2D eigenvalue weighted by Gasteiger charge is 2.18. The van der Waals surface area contributed by atoms with Crippen molar-refractivity contribution in [3.05, 3.63) is 78.0 Å². The summed E-state index contributed by atoms with van der Waals surface area (Å²) in [6, 6.07) is 16.5. The number of hydrogen-bond acceptors (Lipinski definition) is 2. The van der Waals surface area contributed by atoms with Crippen LogP contribution in [0, 0.1) is 11.6 Å². The zero-order valence-electron chi connectivity index (χ0n) is 16.8. The Morgan fingerprint density at radius 2 is 1.47 bits per heavy atom. The molecule has 30 heavy (non-hydrogen) atoms. The average molecular weight is 406 g/mol. The molecule has 5 heteroatoms. The van der Waals surface area contributed by atoms with Gasteiger partial charge in [0.2, 0.25) is 5.91 Å². The summed E-state index contributed by atoms with van der Waals surface area (Å²) in [5.74, 6) is -0.376. The highest BCUT2D eigenvalue weighted by atomic mass is 19.1. The number of nitrogens with zero attached hydrogens (tertiary/aromatic N) is 2. The van der Waals surface area contributed by atoms with Crippen LogP contribution >= 0.6 is 0 Å². The Balaban J connectivity index is 1.66. The van der Waals surface area contributed by atoms with Crippen molar-refractivity contribution >= 4 is 5.91 Å². The molecule has 1 aromatic heterocycles. The number of carbonyl (C=O) groups excluding carboxylic acids is 1. The van der Waals surface area contributed by atoms with Crippen LogP contribution in [0.1, 0.15) is 31.4 Å². The highest BCUT2D eigenvalue weighted by molar-refractivity contribution is 5.76. The molecule has 0 saturated carbocycles. The van der Waals surface area contributed by atoms with Gasteiger partial charge in [0.1, 0.15) is 11.6 Å². The third-order valence-electron chi connectivity index (χ3n) is 5.56. The molecule has 0 bridgehead atoms. The molecule has 0 atom stereocenters. The second-order valence-corrected chi connectivity index (χ2v) is 7.65. The number of rotatable bonds is 5. The van der Waals surface area contributed by atoms with Crippen molar-refractivity contribution < 1.29 is 13.6 Å². The lowest BCUT2D eigenvalue weighted by Crippen LogP contribution is -2.32.